The fourth-order valence-electron chi connectivity index (χ4n) is 3.21. The molecule has 1 N–H and O–H groups in total. The van der Waals surface area contributed by atoms with Crippen LogP contribution in [-0.4, -0.2) is 28.7 Å². The number of nitrogens with zero attached hydrogens (tertiary/aromatic N) is 2. The second-order valence-corrected chi connectivity index (χ2v) is 5.65. The summed E-state index contributed by atoms with van der Waals surface area (Å²) in [5, 5.41) is 7.52. The molecule has 1 saturated heterocycles. The molecule has 4 heteroatoms. The standard InChI is InChI=1S/C15H25N3O/c1-3-7-15(8-11-16-12-9-15)14(19)5-4-13-6-10-17-18(13)2/h6,10,16H,3-5,7-9,11-12H2,1-2H3. The molecule has 0 atom stereocenters. The fourth-order valence-corrected chi connectivity index (χ4v) is 3.21. The van der Waals surface area contributed by atoms with Crippen molar-refractivity contribution in [2.75, 3.05) is 13.1 Å². The van der Waals surface area contributed by atoms with E-state index in [4.69, 9.17) is 0 Å². The molecular formula is C15H25N3O. The summed E-state index contributed by atoms with van der Waals surface area (Å²) in [5.74, 6) is 0.456. The highest BCUT2D eigenvalue weighted by molar-refractivity contribution is 5.85. The van der Waals surface area contributed by atoms with Gasteiger partial charge in [0.25, 0.3) is 0 Å². The summed E-state index contributed by atoms with van der Waals surface area (Å²) in [6.07, 6.45) is 7.41. The minimum Gasteiger partial charge on any atom is -0.317 e. The number of aromatic nitrogens is 2. The van der Waals surface area contributed by atoms with Crippen molar-refractivity contribution in [2.45, 2.75) is 45.4 Å². The van der Waals surface area contributed by atoms with E-state index < -0.39 is 0 Å². The molecule has 0 aromatic carbocycles. The van der Waals surface area contributed by atoms with Crippen molar-refractivity contribution in [3.8, 4) is 0 Å². The van der Waals surface area contributed by atoms with E-state index in [0.29, 0.717) is 12.2 Å². The van der Waals surface area contributed by atoms with E-state index in [0.717, 1.165) is 50.9 Å². The van der Waals surface area contributed by atoms with E-state index in [1.165, 1.54) is 0 Å². The Bertz CT molecular complexity index is 413. The van der Waals surface area contributed by atoms with Gasteiger partial charge in [-0.2, -0.15) is 5.10 Å². The lowest BCUT2D eigenvalue weighted by molar-refractivity contribution is -0.130. The Morgan fingerprint density at radius 1 is 1.47 bits per heavy atom. The third-order valence-corrected chi connectivity index (χ3v) is 4.41. The normalized spacial score (nSPS) is 18.4. The number of carbonyl (C=O) groups is 1. The first-order valence-electron chi connectivity index (χ1n) is 7.39. The maximum absolute atomic E-state index is 12.7. The first kappa shape index (κ1) is 14.3. The molecule has 0 saturated carbocycles. The van der Waals surface area contributed by atoms with Gasteiger partial charge in [0.05, 0.1) is 0 Å². The van der Waals surface area contributed by atoms with E-state index in [1.54, 1.807) is 6.20 Å². The Kier molecular flexibility index (Phi) is 4.75. The van der Waals surface area contributed by atoms with Crippen molar-refractivity contribution in [3.63, 3.8) is 0 Å². The molecule has 4 nitrogen and oxygen atoms in total. The van der Waals surface area contributed by atoms with Crippen LogP contribution >= 0.6 is 0 Å². The minimum atomic E-state index is -0.0570. The summed E-state index contributed by atoms with van der Waals surface area (Å²) in [5.41, 5.74) is 1.09. The number of aryl methyl sites for hydroxylation is 2. The summed E-state index contributed by atoms with van der Waals surface area (Å²) in [6, 6.07) is 2.00. The van der Waals surface area contributed by atoms with Gasteiger partial charge in [-0.25, -0.2) is 0 Å². The molecule has 1 fully saturated rings. The monoisotopic (exact) mass is 263 g/mol. The second kappa shape index (κ2) is 6.33. The third-order valence-electron chi connectivity index (χ3n) is 4.41. The van der Waals surface area contributed by atoms with Crippen LogP contribution in [0.2, 0.25) is 0 Å². The molecular weight excluding hydrogens is 238 g/mol. The molecule has 1 aliphatic rings. The zero-order chi connectivity index (χ0) is 13.7. The smallest absolute Gasteiger partial charge is 0.139 e. The highest BCUT2D eigenvalue weighted by Crippen LogP contribution is 2.36. The van der Waals surface area contributed by atoms with Crippen molar-refractivity contribution < 1.29 is 4.79 Å². The van der Waals surface area contributed by atoms with Crippen LogP contribution in [-0.2, 0) is 18.3 Å². The molecule has 19 heavy (non-hydrogen) atoms. The number of rotatable bonds is 6. The van der Waals surface area contributed by atoms with Crippen LogP contribution in [0.4, 0.5) is 0 Å². The van der Waals surface area contributed by atoms with Gasteiger partial charge in [0, 0.05) is 30.8 Å². The molecule has 0 spiro atoms. The fraction of sp³-hybridized carbons (Fsp3) is 0.733. The van der Waals surface area contributed by atoms with Crippen LogP contribution in [0.3, 0.4) is 0 Å². The number of ketones is 1. The molecule has 2 rings (SSSR count). The van der Waals surface area contributed by atoms with Gasteiger partial charge in [-0.15, -0.1) is 0 Å². The quantitative estimate of drug-likeness (QED) is 0.855. The number of hydrogen-bond donors (Lipinski definition) is 1. The third kappa shape index (κ3) is 3.24. The van der Waals surface area contributed by atoms with Gasteiger partial charge in [0.2, 0.25) is 0 Å². The van der Waals surface area contributed by atoms with Crippen molar-refractivity contribution in [1.29, 1.82) is 0 Å². The van der Waals surface area contributed by atoms with Crippen molar-refractivity contribution >= 4 is 5.78 Å². The average Bonchev–Trinajstić information content (AvgIpc) is 2.83. The lowest BCUT2D eigenvalue weighted by Crippen LogP contribution is -2.42. The molecule has 1 aromatic rings. The molecule has 1 aliphatic heterocycles. The summed E-state index contributed by atoms with van der Waals surface area (Å²) in [6.45, 7) is 4.15. The summed E-state index contributed by atoms with van der Waals surface area (Å²) >= 11 is 0. The number of carbonyl (C=O) groups excluding carboxylic acids is 1. The van der Waals surface area contributed by atoms with E-state index >= 15 is 0 Å². The van der Waals surface area contributed by atoms with E-state index in [2.05, 4.69) is 17.3 Å². The highest BCUT2D eigenvalue weighted by atomic mass is 16.1. The Balaban J connectivity index is 1.97. The van der Waals surface area contributed by atoms with Crippen LogP contribution in [0, 0.1) is 5.41 Å². The largest absolute Gasteiger partial charge is 0.317 e. The van der Waals surface area contributed by atoms with Gasteiger partial charge in [-0.05, 0) is 44.8 Å². The van der Waals surface area contributed by atoms with E-state index in [-0.39, 0.29) is 5.41 Å². The second-order valence-electron chi connectivity index (χ2n) is 5.65. The maximum Gasteiger partial charge on any atom is 0.139 e. The Hall–Kier alpha value is -1.16. The van der Waals surface area contributed by atoms with Crippen molar-refractivity contribution in [1.82, 2.24) is 15.1 Å². The molecule has 0 unspecified atom stereocenters. The zero-order valence-corrected chi connectivity index (χ0v) is 12.1. The number of hydrogen-bond acceptors (Lipinski definition) is 3. The Morgan fingerprint density at radius 3 is 2.79 bits per heavy atom. The summed E-state index contributed by atoms with van der Waals surface area (Å²) in [4.78, 5) is 12.7. The molecule has 0 aliphatic carbocycles. The Morgan fingerprint density at radius 2 is 2.21 bits per heavy atom. The van der Waals surface area contributed by atoms with Crippen LogP contribution in [0.5, 0.6) is 0 Å². The van der Waals surface area contributed by atoms with E-state index in [1.807, 2.05) is 17.8 Å². The lowest BCUT2D eigenvalue weighted by atomic mass is 9.71. The average molecular weight is 263 g/mol. The van der Waals surface area contributed by atoms with Crippen LogP contribution < -0.4 is 5.32 Å². The first-order valence-corrected chi connectivity index (χ1v) is 7.39. The minimum absolute atomic E-state index is 0.0570. The van der Waals surface area contributed by atoms with Gasteiger partial charge in [-0.3, -0.25) is 9.48 Å². The van der Waals surface area contributed by atoms with Gasteiger partial charge in [0.15, 0.2) is 0 Å². The SMILES string of the molecule is CCCC1(C(=O)CCc2ccnn2C)CCNCC1. The molecule has 0 radical (unpaired) electrons. The lowest BCUT2D eigenvalue weighted by Gasteiger charge is -2.36. The van der Waals surface area contributed by atoms with Gasteiger partial charge in [-0.1, -0.05) is 13.3 Å². The van der Waals surface area contributed by atoms with Gasteiger partial charge < -0.3 is 5.32 Å². The van der Waals surface area contributed by atoms with Crippen LogP contribution in [0.1, 0.15) is 44.7 Å². The summed E-state index contributed by atoms with van der Waals surface area (Å²) < 4.78 is 1.86. The van der Waals surface area contributed by atoms with Gasteiger partial charge >= 0.3 is 0 Å². The van der Waals surface area contributed by atoms with Crippen LogP contribution in [0.15, 0.2) is 12.3 Å². The molecule has 0 bridgehead atoms. The predicted molar refractivity (Wildman–Crippen MR) is 76.0 cm³/mol. The molecule has 1 aromatic heterocycles. The van der Waals surface area contributed by atoms with E-state index in [9.17, 15) is 4.79 Å². The number of nitrogens with one attached hydrogen (secondary N) is 1. The molecule has 2 heterocycles. The number of piperidine rings is 1. The van der Waals surface area contributed by atoms with Crippen molar-refractivity contribution in [3.05, 3.63) is 18.0 Å². The van der Waals surface area contributed by atoms with Gasteiger partial charge in [0.1, 0.15) is 5.78 Å². The van der Waals surface area contributed by atoms with Crippen LogP contribution in [0.25, 0.3) is 0 Å². The zero-order valence-electron chi connectivity index (χ0n) is 12.1. The predicted octanol–water partition coefficient (Wildman–Crippen LogP) is 2.09. The Labute approximate surface area is 115 Å². The topological polar surface area (TPSA) is 46.9 Å². The molecule has 106 valence electrons. The summed E-state index contributed by atoms with van der Waals surface area (Å²) in [7, 11) is 1.94. The first-order chi connectivity index (χ1) is 9.18. The number of Topliss-reactive ketones (excluding diaryl/α,β-unsaturated/α-hetero) is 1. The molecule has 0 amide bonds. The van der Waals surface area contributed by atoms with Crippen molar-refractivity contribution in [2.24, 2.45) is 12.5 Å². The maximum atomic E-state index is 12.7. The highest BCUT2D eigenvalue weighted by Gasteiger charge is 2.37.